The van der Waals surface area contributed by atoms with Crippen LogP contribution in [0.4, 0.5) is 27.6 Å². The highest BCUT2D eigenvalue weighted by atomic mass is 19.3. The average molecular weight is 303 g/mol. The lowest BCUT2D eigenvalue weighted by atomic mass is 10.2. The maximum atomic E-state index is 13.4. The van der Waals surface area contributed by atoms with Crippen molar-refractivity contribution in [2.24, 2.45) is 0 Å². The molecule has 0 radical (unpaired) electrons. The van der Waals surface area contributed by atoms with Gasteiger partial charge in [-0.3, -0.25) is 0 Å². The second-order valence-electron chi connectivity index (χ2n) is 4.08. The van der Waals surface area contributed by atoms with Gasteiger partial charge in [0.2, 0.25) is 0 Å². The van der Waals surface area contributed by atoms with Gasteiger partial charge in [-0.2, -0.15) is 8.78 Å². The zero-order valence-corrected chi connectivity index (χ0v) is 10.5. The molecule has 7 heteroatoms. The topological polar surface area (TPSA) is 21.3 Å². The lowest BCUT2D eigenvalue weighted by molar-refractivity contribution is -0.0504. The van der Waals surface area contributed by atoms with Crippen LogP contribution in [0.25, 0.3) is 0 Å². The average Bonchev–Trinajstić information content (AvgIpc) is 2.38. The van der Waals surface area contributed by atoms with E-state index in [-0.39, 0.29) is 17.9 Å². The van der Waals surface area contributed by atoms with E-state index in [1.54, 1.807) is 6.07 Å². The van der Waals surface area contributed by atoms with Gasteiger partial charge in [0.15, 0.2) is 11.6 Å². The van der Waals surface area contributed by atoms with Crippen LogP contribution in [0.2, 0.25) is 0 Å². The van der Waals surface area contributed by atoms with Gasteiger partial charge >= 0.3 is 6.61 Å². The predicted molar refractivity (Wildman–Crippen MR) is 66.7 cm³/mol. The third-order valence-corrected chi connectivity index (χ3v) is 2.65. The molecule has 0 saturated carbocycles. The molecule has 21 heavy (non-hydrogen) atoms. The monoisotopic (exact) mass is 303 g/mol. The third-order valence-electron chi connectivity index (χ3n) is 2.65. The molecule has 112 valence electrons. The first-order chi connectivity index (χ1) is 9.97. The number of rotatable bonds is 5. The Hall–Kier alpha value is -2.31. The van der Waals surface area contributed by atoms with Gasteiger partial charge in [-0.05, 0) is 6.07 Å². The molecule has 2 aromatic carbocycles. The zero-order chi connectivity index (χ0) is 15.4. The summed E-state index contributed by atoms with van der Waals surface area (Å²) in [6.45, 7) is -3.17. The number of ether oxygens (including phenoxy) is 1. The van der Waals surface area contributed by atoms with Crippen LogP contribution in [-0.4, -0.2) is 6.61 Å². The van der Waals surface area contributed by atoms with Crippen LogP contribution in [0.3, 0.4) is 0 Å². The number of benzene rings is 2. The molecule has 0 saturated heterocycles. The Morgan fingerprint density at radius 3 is 2.24 bits per heavy atom. The van der Waals surface area contributed by atoms with E-state index in [2.05, 4.69) is 10.1 Å². The molecule has 2 rings (SSSR count). The molecule has 2 nitrogen and oxygen atoms in total. The number of nitrogens with one attached hydrogen (secondary N) is 1. The second-order valence-corrected chi connectivity index (χ2v) is 4.08. The third kappa shape index (κ3) is 3.84. The molecule has 0 unspecified atom stereocenters. The Morgan fingerprint density at radius 1 is 1.00 bits per heavy atom. The molecule has 0 fully saturated rings. The Balaban J connectivity index is 2.17. The standard InChI is InChI=1S/C14H10F5NO/c15-9-5-10(16)13(11(17)6-9)20-7-8-3-1-2-4-12(8)21-14(18)19/h1-6,14,20H,7H2. The summed E-state index contributed by atoms with van der Waals surface area (Å²) in [5.74, 6) is -3.38. The summed E-state index contributed by atoms with van der Waals surface area (Å²) in [6.07, 6.45) is 0. The van der Waals surface area contributed by atoms with Crippen LogP contribution in [0, 0.1) is 17.5 Å². The van der Waals surface area contributed by atoms with Crippen molar-refractivity contribution in [2.45, 2.75) is 13.2 Å². The van der Waals surface area contributed by atoms with Crippen molar-refractivity contribution in [1.29, 1.82) is 0 Å². The van der Waals surface area contributed by atoms with E-state index in [0.717, 1.165) is 0 Å². The number of halogens is 5. The van der Waals surface area contributed by atoms with E-state index in [1.807, 2.05) is 0 Å². The van der Waals surface area contributed by atoms with Crippen molar-refractivity contribution in [3.8, 4) is 5.75 Å². The minimum absolute atomic E-state index is 0.108. The smallest absolute Gasteiger partial charge is 0.387 e. The van der Waals surface area contributed by atoms with Crippen LogP contribution in [0.1, 0.15) is 5.56 Å². The molecular formula is C14H10F5NO. The summed E-state index contributed by atoms with van der Waals surface area (Å²) in [4.78, 5) is 0. The van der Waals surface area contributed by atoms with Gasteiger partial charge in [-0.1, -0.05) is 18.2 Å². The van der Waals surface area contributed by atoms with Crippen molar-refractivity contribution in [1.82, 2.24) is 0 Å². The van der Waals surface area contributed by atoms with E-state index in [4.69, 9.17) is 0 Å². The number of alkyl halides is 2. The predicted octanol–water partition coefficient (Wildman–Crippen LogP) is 4.32. The minimum Gasteiger partial charge on any atom is -0.434 e. The molecule has 0 aliphatic carbocycles. The Labute approximate surface area is 117 Å². The van der Waals surface area contributed by atoms with Crippen LogP contribution >= 0.6 is 0 Å². The molecule has 0 aliphatic rings. The van der Waals surface area contributed by atoms with E-state index in [9.17, 15) is 22.0 Å². The molecule has 0 aliphatic heterocycles. The van der Waals surface area contributed by atoms with E-state index in [0.29, 0.717) is 12.1 Å². The van der Waals surface area contributed by atoms with Gasteiger partial charge in [0.1, 0.15) is 17.3 Å². The number of anilines is 1. The van der Waals surface area contributed by atoms with Gasteiger partial charge in [0.05, 0.1) is 0 Å². The van der Waals surface area contributed by atoms with E-state index < -0.39 is 29.8 Å². The van der Waals surface area contributed by atoms with Crippen molar-refractivity contribution in [3.05, 3.63) is 59.4 Å². The fourth-order valence-electron chi connectivity index (χ4n) is 1.76. The number of para-hydroxylation sites is 1. The maximum Gasteiger partial charge on any atom is 0.387 e. The first-order valence-corrected chi connectivity index (χ1v) is 5.88. The fourth-order valence-corrected chi connectivity index (χ4v) is 1.76. The molecule has 0 amide bonds. The van der Waals surface area contributed by atoms with E-state index in [1.165, 1.54) is 18.2 Å². The molecular weight excluding hydrogens is 293 g/mol. The Kier molecular flexibility index (Phi) is 4.62. The first-order valence-electron chi connectivity index (χ1n) is 5.88. The number of hydrogen-bond acceptors (Lipinski definition) is 2. The van der Waals surface area contributed by atoms with Crippen molar-refractivity contribution >= 4 is 5.69 Å². The molecule has 0 atom stereocenters. The van der Waals surface area contributed by atoms with Gasteiger partial charge in [0, 0.05) is 24.2 Å². The minimum atomic E-state index is -3.01. The molecule has 2 aromatic rings. The Bertz CT molecular complexity index is 610. The molecule has 0 aromatic heterocycles. The fraction of sp³-hybridized carbons (Fsp3) is 0.143. The lowest BCUT2D eigenvalue weighted by Crippen LogP contribution is -2.08. The van der Waals surface area contributed by atoms with Crippen molar-refractivity contribution < 1.29 is 26.7 Å². The normalized spacial score (nSPS) is 10.8. The van der Waals surface area contributed by atoms with Gasteiger partial charge < -0.3 is 10.1 Å². The number of hydrogen-bond donors (Lipinski definition) is 1. The summed E-state index contributed by atoms with van der Waals surface area (Å²) in [7, 11) is 0. The summed E-state index contributed by atoms with van der Waals surface area (Å²) < 4.78 is 68.4. The SMILES string of the molecule is Fc1cc(F)c(NCc2ccccc2OC(F)F)c(F)c1. The molecule has 0 heterocycles. The summed E-state index contributed by atoms with van der Waals surface area (Å²) >= 11 is 0. The maximum absolute atomic E-state index is 13.4. The quantitative estimate of drug-likeness (QED) is 0.831. The van der Waals surface area contributed by atoms with Gasteiger partial charge in [0.25, 0.3) is 0 Å². The highest BCUT2D eigenvalue weighted by Crippen LogP contribution is 2.24. The van der Waals surface area contributed by atoms with Gasteiger partial charge in [-0.15, -0.1) is 0 Å². The molecule has 0 bridgehead atoms. The summed E-state index contributed by atoms with van der Waals surface area (Å²) in [5.41, 5.74) is -0.260. The summed E-state index contributed by atoms with van der Waals surface area (Å²) in [6, 6.07) is 6.86. The molecule has 0 spiro atoms. The highest BCUT2D eigenvalue weighted by molar-refractivity contribution is 5.48. The van der Waals surface area contributed by atoms with Crippen molar-refractivity contribution in [2.75, 3.05) is 5.32 Å². The van der Waals surface area contributed by atoms with Gasteiger partial charge in [-0.25, -0.2) is 13.2 Å². The van der Waals surface area contributed by atoms with Crippen LogP contribution in [0.15, 0.2) is 36.4 Å². The zero-order valence-electron chi connectivity index (χ0n) is 10.5. The summed E-state index contributed by atoms with van der Waals surface area (Å²) in [5, 5.41) is 2.40. The largest absolute Gasteiger partial charge is 0.434 e. The van der Waals surface area contributed by atoms with Crippen LogP contribution < -0.4 is 10.1 Å². The Morgan fingerprint density at radius 2 is 1.62 bits per heavy atom. The second kappa shape index (κ2) is 6.43. The lowest BCUT2D eigenvalue weighted by Gasteiger charge is -2.13. The van der Waals surface area contributed by atoms with Crippen LogP contribution in [0.5, 0.6) is 5.75 Å². The van der Waals surface area contributed by atoms with Crippen LogP contribution in [-0.2, 0) is 6.54 Å². The first kappa shape index (κ1) is 15.1. The molecule has 1 N–H and O–H groups in total. The van der Waals surface area contributed by atoms with Crippen molar-refractivity contribution in [3.63, 3.8) is 0 Å². The van der Waals surface area contributed by atoms with E-state index >= 15 is 0 Å². The highest BCUT2D eigenvalue weighted by Gasteiger charge is 2.13.